The molecular formula is C15H23NO4S. The lowest BCUT2D eigenvalue weighted by Crippen LogP contribution is -2.41. The molecule has 0 radical (unpaired) electrons. The van der Waals surface area contributed by atoms with E-state index >= 15 is 0 Å². The Morgan fingerprint density at radius 2 is 1.86 bits per heavy atom. The van der Waals surface area contributed by atoms with Crippen molar-refractivity contribution >= 4 is 10.0 Å². The fourth-order valence-electron chi connectivity index (χ4n) is 2.75. The predicted molar refractivity (Wildman–Crippen MR) is 81.3 cm³/mol. The highest BCUT2D eigenvalue weighted by molar-refractivity contribution is 7.89. The van der Waals surface area contributed by atoms with E-state index in [1.807, 2.05) is 0 Å². The van der Waals surface area contributed by atoms with Gasteiger partial charge in [0.2, 0.25) is 10.0 Å². The van der Waals surface area contributed by atoms with Gasteiger partial charge < -0.3 is 9.47 Å². The van der Waals surface area contributed by atoms with Crippen molar-refractivity contribution in [3.63, 3.8) is 0 Å². The number of benzene rings is 1. The monoisotopic (exact) mass is 313 g/mol. The average molecular weight is 313 g/mol. The van der Waals surface area contributed by atoms with E-state index in [4.69, 9.17) is 9.47 Å². The molecule has 0 unspecified atom stereocenters. The summed E-state index contributed by atoms with van der Waals surface area (Å²) >= 11 is 0. The topological polar surface area (TPSA) is 64.6 Å². The van der Waals surface area contributed by atoms with Gasteiger partial charge in [0.15, 0.2) is 0 Å². The van der Waals surface area contributed by atoms with Crippen molar-refractivity contribution < 1.29 is 17.9 Å². The largest absolute Gasteiger partial charge is 0.497 e. The van der Waals surface area contributed by atoms with Crippen LogP contribution < -0.4 is 14.2 Å². The van der Waals surface area contributed by atoms with E-state index in [9.17, 15) is 8.42 Å². The Hall–Kier alpha value is -1.27. The second kappa shape index (κ2) is 6.66. The smallest absolute Gasteiger partial charge is 0.244 e. The zero-order chi connectivity index (χ0) is 15.5. The summed E-state index contributed by atoms with van der Waals surface area (Å²) in [7, 11) is -0.652. The van der Waals surface area contributed by atoms with E-state index in [1.165, 1.54) is 26.7 Å². The number of rotatable bonds is 5. The Morgan fingerprint density at radius 1 is 1.14 bits per heavy atom. The Balaban J connectivity index is 2.30. The first-order valence-electron chi connectivity index (χ1n) is 7.22. The molecule has 1 aromatic rings. The molecule has 0 aromatic heterocycles. The lowest BCUT2D eigenvalue weighted by Gasteiger charge is -2.29. The molecule has 1 fully saturated rings. The zero-order valence-electron chi connectivity index (χ0n) is 12.8. The molecule has 5 nitrogen and oxygen atoms in total. The number of sulfonamides is 1. The Bertz CT molecular complexity index is 585. The van der Waals surface area contributed by atoms with Gasteiger partial charge in [0.05, 0.1) is 14.2 Å². The number of nitrogens with one attached hydrogen (secondary N) is 1. The summed E-state index contributed by atoms with van der Waals surface area (Å²) in [5.74, 6) is 1.17. The highest BCUT2D eigenvalue weighted by atomic mass is 32.2. The minimum Gasteiger partial charge on any atom is -0.497 e. The molecule has 1 aliphatic rings. The minimum absolute atomic E-state index is 0.0142. The van der Waals surface area contributed by atoms with Crippen molar-refractivity contribution in [3.8, 4) is 11.5 Å². The predicted octanol–water partition coefficient (Wildman–Crippen LogP) is 2.56. The van der Waals surface area contributed by atoms with Gasteiger partial charge in [-0.05, 0) is 30.9 Å². The van der Waals surface area contributed by atoms with Crippen molar-refractivity contribution in [2.45, 2.75) is 43.5 Å². The van der Waals surface area contributed by atoms with Crippen LogP contribution in [-0.4, -0.2) is 28.7 Å². The Morgan fingerprint density at radius 3 is 2.48 bits per heavy atom. The maximum absolute atomic E-state index is 12.6. The summed E-state index contributed by atoms with van der Waals surface area (Å²) < 4.78 is 38.4. The summed E-state index contributed by atoms with van der Waals surface area (Å²) in [6.07, 6.45) is 4.17. The Kier molecular flexibility index (Phi) is 5.11. The molecule has 0 heterocycles. The van der Waals surface area contributed by atoms with Crippen molar-refractivity contribution in [3.05, 3.63) is 18.2 Å². The molecule has 1 aliphatic carbocycles. The molecule has 1 aromatic carbocycles. The van der Waals surface area contributed by atoms with Crippen LogP contribution in [0.1, 0.15) is 32.6 Å². The van der Waals surface area contributed by atoms with Gasteiger partial charge in [-0.3, -0.25) is 0 Å². The molecule has 0 spiro atoms. The van der Waals surface area contributed by atoms with Gasteiger partial charge in [0.1, 0.15) is 16.4 Å². The van der Waals surface area contributed by atoms with Gasteiger partial charge in [-0.1, -0.05) is 19.8 Å². The molecule has 0 bridgehead atoms. The van der Waals surface area contributed by atoms with Crippen molar-refractivity contribution in [2.75, 3.05) is 14.2 Å². The molecule has 2 atom stereocenters. The fourth-order valence-corrected chi connectivity index (χ4v) is 4.31. The summed E-state index contributed by atoms with van der Waals surface area (Å²) in [5.41, 5.74) is 0. The van der Waals surface area contributed by atoms with Gasteiger partial charge in [0.25, 0.3) is 0 Å². The molecule has 118 valence electrons. The minimum atomic E-state index is -3.62. The standard InChI is InChI=1S/C15H23NO4S/c1-11-6-4-5-7-13(11)16-21(17,18)15-10-12(19-2)8-9-14(15)20-3/h8-11,13,16H,4-7H2,1-3H3/t11-,13-/m0/s1. The maximum atomic E-state index is 12.6. The van der Waals surface area contributed by atoms with E-state index in [2.05, 4.69) is 11.6 Å². The van der Waals surface area contributed by atoms with Gasteiger partial charge in [-0.15, -0.1) is 0 Å². The Labute approximate surface area is 126 Å². The normalized spacial score (nSPS) is 22.8. The van der Waals surface area contributed by atoms with Crippen molar-refractivity contribution in [1.29, 1.82) is 0 Å². The molecule has 0 amide bonds. The zero-order valence-corrected chi connectivity index (χ0v) is 13.6. The van der Waals surface area contributed by atoms with Crippen LogP contribution in [-0.2, 0) is 10.0 Å². The van der Waals surface area contributed by atoms with Crippen LogP contribution >= 0.6 is 0 Å². The average Bonchev–Trinajstić information content (AvgIpc) is 2.48. The highest BCUT2D eigenvalue weighted by Crippen LogP contribution is 2.30. The van der Waals surface area contributed by atoms with E-state index in [-0.39, 0.29) is 10.9 Å². The summed E-state index contributed by atoms with van der Waals surface area (Å²) in [4.78, 5) is 0.127. The van der Waals surface area contributed by atoms with Gasteiger partial charge in [-0.25, -0.2) is 13.1 Å². The van der Waals surface area contributed by atoms with Crippen molar-refractivity contribution in [1.82, 2.24) is 4.72 Å². The maximum Gasteiger partial charge on any atom is 0.244 e. The number of hydrogen-bond donors (Lipinski definition) is 1. The van der Waals surface area contributed by atoms with Crippen LogP contribution in [0.15, 0.2) is 23.1 Å². The van der Waals surface area contributed by atoms with Crippen molar-refractivity contribution in [2.24, 2.45) is 5.92 Å². The molecule has 6 heteroatoms. The molecule has 1 N–H and O–H groups in total. The molecule has 2 rings (SSSR count). The summed E-state index contributed by atoms with van der Waals surface area (Å²) in [6, 6.07) is 4.77. The second-order valence-electron chi connectivity index (χ2n) is 5.51. The first kappa shape index (κ1) is 16.1. The van der Waals surface area contributed by atoms with E-state index in [0.29, 0.717) is 17.4 Å². The number of ether oxygens (including phenoxy) is 2. The van der Waals surface area contributed by atoms with Gasteiger partial charge >= 0.3 is 0 Å². The summed E-state index contributed by atoms with van der Waals surface area (Å²) in [5, 5.41) is 0. The van der Waals surface area contributed by atoms with Crippen LogP contribution in [0.25, 0.3) is 0 Å². The number of methoxy groups -OCH3 is 2. The van der Waals surface area contributed by atoms with Crippen LogP contribution in [0.3, 0.4) is 0 Å². The SMILES string of the molecule is COc1ccc(OC)c(S(=O)(=O)N[C@H]2CCCC[C@@H]2C)c1. The fraction of sp³-hybridized carbons (Fsp3) is 0.600. The van der Waals surface area contributed by atoms with Crippen LogP contribution in [0.5, 0.6) is 11.5 Å². The van der Waals surface area contributed by atoms with E-state index < -0.39 is 10.0 Å². The molecule has 1 saturated carbocycles. The van der Waals surface area contributed by atoms with Crippen LogP contribution in [0.2, 0.25) is 0 Å². The third-order valence-corrected chi connectivity index (χ3v) is 5.59. The lowest BCUT2D eigenvalue weighted by molar-refractivity contribution is 0.310. The van der Waals surface area contributed by atoms with Crippen LogP contribution in [0, 0.1) is 5.92 Å². The quantitative estimate of drug-likeness (QED) is 0.907. The van der Waals surface area contributed by atoms with Gasteiger partial charge in [0, 0.05) is 12.1 Å². The lowest BCUT2D eigenvalue weighted by atomic mass is 9.87. The first-order chi connectivity index (χ1) is 9.97. The molecule has 0 aliphatic heterocycles. The van der Waals surface area contributed by atoms with E-state index in [0.717, 1.165) is 19.3 Å². The van der Waals surface area contributed by atoms with E-state index in [1.54, 1.807) is 12.1 Å². The first-order valence-corrected chi connectivity index (χ1v) is 8.70. The molecule has 21 heavy (non-hydrogen) atoms. The molecule has 0 saturated heterocycles. The highest BCUT2D eigenvalue weighted by Gasteiger charge is 2.28. The summed E-state index contributed by atoms with van der Waals surface area (Å²) in [6.45, 7) is 2.09. The third-order valence-electron chi connectivity index (χ3n) is 4.08. The molecular weight excluding hydrogens is 290 g/mol. The second-order valence-corrected chi connectivity index (χ2v) is 7.19. The third kappa shape index (κ3) is 3.68. The van der Waals surface area contributed by atoms with Crippen LogP contribution in [0.4, 0.5) is 0 Å². The van der Waals surface area contributed by atoms with Gasteiger partial charge in [-0.2, -0.15) is 0 Å². The number of hydrogen-bond acceptors (Lipinski definition) is 4.